The van der Waals surface area contributed by atoms with E-state index in [-0.39, 0.29) is 11.5 Å². The molecule has 20 heavy (non-hydrogen) atoms. The summed E-state index contributed by atoms with van der Waals surface area (Å²) in [5.41, 5.74) is 0.146. The number of pyridine rings is 1. The van der Waals surface area contributed by atoms with Gasteiger partial charge in [-0.15, -0.1) is 0 Å². The van der Waals surface area contributed by atoms with Crippen LogP contribution in [0.1, 0.15) is 37.2 Å². The van der Waals surface area contributed by atoms with E-state index in [4.69, 9.17) is 0 Å². The van der Waals surface area contributed by atoms with E-state index in [1.54, 1.807) is 12.1 Å². The summed E-state index contributed by atoms with van der Waals surface area (Å²) >= 11 is 0. The Labute approximate surface area is 119 Å². The molecule has 5 nitrogen and oxygen atoms in total. The van der Waals surface area contributed by atoms with E-state index in [0.29, 0.717) is 17.7 Å². The summed E-state index contributed by atoms with van der Waals surface area (Å²) in [6.07, 6.45) is 2.08. The number of hydrogen-bond donors (Lipinski definition) is 2. The molecule has 1 aromatic rings. The molecule has 0 saturated carbocycles. The van der Waals surface area contributed by atoms with Gasteiger partial charge in [-0.3, -0.25) is 9.59 Å². The predicted octanol–water partition coefficient (Wildman–Crippen LogP) is 1.23. The quantitative estimate of drug-likeness (QED) is 0.870. The number of rotatable bonds is 4. The Morgan fingerprint density at radius 2 is 2.30 bits per heavy atom. The van der Waals surface area contributed by atoms with Crippen LogP contribution in [0, 0.1) is 5.92 Å². The monoisotopic (exact) mass is 277 g/mol. The Kier molecular flexibility index (Phi) is 4.95. The first-order valence-electron chi connectivity index (χ1n) is 7.33. The molecule has 0 aliphatic carbocycles. The Bertz CT molecular complexity index is 512. The lowest BCUT2D eigenvalue weighted by Gasteiger charge is -2.37. The van der Waals surface area contributed by atoms with Crippen LogP contribution in [0.4, 0.5) is 0 Å². The van der Waals surface area contributed by atoms with Gasteiger partial charge in [-0.2, -0.15) is 0 Å². The van der Waals surface area contributed by atoms with Crippen molar-refractivity contribution in [3.63, 3.8) is 0 Å². The third-order valence-electron chi connectivity index (χ3n) is 3.85. The topological polar surface area (TPSA) is 65.2 Å². The van der Waals surface area contributed by atoms with Gasteiger partial charge in [0.05, 0.1) is 0 Å². The van der Waals surface area contributed by atoms with E-state index >= 15 is 0 Å². The molecular formula is C15H23N3O2. The van der Waals surface area contributed by atoms with E-state index in [1.165, 1.54) is 6.07 Å². The third-order valence-corrected chi connectivity index (χ3v) is 3.85. The summed E-state index contributed by atoms with van der Waals surface area (Å²) < 4.78 is 0. The van der Waals surface area contributed by atoms with Gasteiger partial charge in [-0.25, -0.2) is 0 Å². The maximum atomic E-state index is 12.4. The second-order valence-corrected chi connectivity index (χ2v) is 5.51. The summed E-state index contributed by atoms with van der Waals surface area (Å²) in [5.74, 6) is 0.346. The zero-order valence-corrected chi connectivity index (χ0v) is 12.2. The molecule has 5 heteroatoms. The molecule has 2 heterocycles. The highest BCUT2D eigenvalue weighted by Gasteiger charge is 2.28. The van der Waals surface area contributed by atoms with Crippen molar-refractivity contribution in [1.29, 1.82) is 0 Å². The number of H-pyrrole nitrogens is 1. The lowest BCUT2D eigenvalue weighted by Crippen LogP contribution is -2.50. The summed E-state index contributed by atoms with van der Waals surface area (Å²) in [6, 6.07) is 5.18. The minimum absolute atomic E-state index is 0.0801. The summed E-state index contributed by atoms with van der Waals surface area (Å²) in [6.45, 7) is 6.82. The molecular weight excluding hydrogens is 254 g/mol. The van der Waals surface area contributed by atoms with Gasteiger partial charge >= 0.3 is 0 Å². The number of nitrogens with one attached hydrogen (secondary N) is 2. The van der Waals surface area contributed by atoms with Crippen molar-refractivity contribution < 1.29 is 4.79 Å². The zero-order valence-electron chi connectivity index (χ0n) is 12.2. The standard InChI is InChI=1S/C15H23N3O2/c1-3-8-16-12-7-9-18(10-11(12)2)15(20)13-5-4-6-14(19)17-13/h4-6,11-12,16H,3,7-10H2,1-2H3,(H,17,19). The molecule has 1 saturated heterocycles. The van der Waals surface area contributed by atoms with Crippen molar-refractivity contribution in [2.75, 3.05) is 19.6 Å². The molecule has 0 bridgehead atoms. The number of piperidine rings is 1. The second-order valence-electron chi connectivity index (χ2n) is 5.51. The largest absolute Gasteiger partial charge is 0.337 e. The average molecular weight is 277 g/mol. The number of aromatic nitrogens is 1. The van der Waals surface area contributed by atoms with Gasteiger partial charge in [0.15, 0.2) is 0 Å². The highest BCUT2D eigenvalue weighted by Crippen LogP contribution is 2.18. The van der Waals surface area contributed by atoms with E-state index in [1.807, 2.05) is 4.90 Å². The molecule has 0 spiro atoms. The highest BCUT2D eigenvalue weighted by molar-refractivity contribution is 5.92. The van der Waals surface area contributed by atoms with Gasteiger partial charge < -0.3 is 15.2 Å². The number of likely N-dealkylation sites (tertiary alicyclic amines) is 1. The van der Waals surface area contributed by atoms with Crippen LogP contribution in [0.15, 0.2) is 23.0 Å². The van der Waals surface area contributed by atoms with Crippen LogP contribution in [0.2, 0.25) is 0 Å². The first-order chi connectivity index (χ1) is 9.61. The van der Waals surface area contributed by atoms with Crippen LogP contribution in [-0.2, 0) is 0 Å². The van der Waals surface area contributed by atoms with E-state index in [9.17, 15) is 9.59 Å². The minimum Gasteiger partial charge on any atom is -0.337 e. The van der Waals surface area contributed by atoms with Crippen LogP contribution in [-0.4, -0.2) is 41.5 Å². The second kappa shape index (κ2) is 6.70. The number of aromatic amines is 1. The SMILES string of the molecule is CCCNC1CCN(C(=O)c2cccc(=O)[nH]2)CC1C. The fraction of sp³-hybridized carbons (Fsp3) is 0.600. The van der Waals surface area contributed by atoms with Gasteiger partial charge in [-0.1, -0.05) is 19.9 Å². The van der Waals surface area contributed by atoms with Crippen LogP contribution in [0.25, 0.3) is 0 Å². The minimum atomic E-state index is -0.233. The lowest BCUT2D eigenvalue weighted by molar-refractivity contribution is 0.0639. The number of carbonyl (C=O) groups excluding carboxylic acids is 1. The van der Waals surface area contributed by atoms with Crippen LogP contribution < -0.4 is 10.9 Å². The van der Waals surface area contributed by atoms with Crippen molar-refractivity contribution in [3.05, 3.63) is 34.2 Å². The van der Waals surface area contributed by atoms with Gasteiger partial charge in [0.25, 0.3) is 5.91 Å². The molecule has 1 aliphatic rings. The first-order valence-corrected chi connectivity index (χ1v) is 7.33. The van der Waals surface area contributed by atoms with Crippen molar-refractivity contribution in [2.45, 2.75) is 32.7 Å². The molecule has 0 aromatic carbocycles. The zero-order chi connectivity index (χ0) is 14.5. The van der Waals surface area contributed by atoms with Crippen LogP contribution in [0.5, 0.6) is 0 Å². The van der Waals surface area contributed by atoms with Crippen LogP contribution >= 0.6 is 0 Å². The Morgan fingerprint density at radius 1 is 1.50 bits per heavy atom. The Hall–Kier alpha value is -1.62. The maximum Gasteiger partial charge on any atom is 0.270 e. The number of amides is 1. The van der Waals surface area contributed by atoms with Crippen molar-refractivity contribution in [2.24, 2.45) is 5.92 Å². The average Bonchev–Trinajstić information content (AvgIpc) is 2.45. The Balaban J connectivity index is 1.98. The van der Waals surface area contributed by atoms with Crippen molar-refractivity contribution in [3.8, 4) is 0 Å². The summed E-state index contributed by atoms with van der Waals surface area (Å²) in [4.78, 5) is 28.1. The molecule has 2 unspecified atom stereocenters. The summed E-state index contributed by atoms with van der Waals surface area (Å²) in [7, 11) is 0. The molecule has 110 valence electrons. The molecule has 2 atom stereocenters. The molecule has 0 radical (unpaired) electrons. The van der Waals surface area contributed by atoms with Crippen molar-refractivity contribution in [1.82, 2.24) is 15.2 Å². The van der Waals surface area contributed by atoms with Gasteiger partial charge in [0.2, 0.25) is 5.56 Å². The molecule has 1 amide bonds. The third kappa shape index (κ3) is 3.48. The lowest BCUT2D eigenvalue weighted by atomic mass is 9.93. The molecule has 1 fully saturated rings. The van der Waals surface area contributed by atoms with Crippen molar-refractivity contribution >= 4 is 5.91 Å². The summed E-state index contributed by atoms with van der Waals surface area (Å²) in [5, 5.41) is 3.53. The number of nitrogens with zero attached hydrogens (tertiary/aromatic N) is 1. The van der Waals surface area contributed by atoms with Crippen LogP contribution in [0.3, 0.4) is 0 Å². The van der Waals surface area contributed by atoms with E-state index < -0.39 is 0 Å². The van der Waals surface area contributed by atoms with E-state index in [0.717, 1.165) is 32.5 Å². The Morgan fingerprint density at radius 3 is 2.95 bits per heavy atom. The maximum absolute atomic E-state index is 12.4. The smallest absolute Gasteiger partial charge is 0.270 e. The predicted molar refractivity (Wildman–Crippen MR) is 78.8 cm³/mol. The molecule has 2 N–H and O–H groups in total. The van der Waals surface area contributed by atoms with Gasteiger partial charge in [0, 0.05) is 25.2 Å². The molecule has 1 aromatic heterocycles. The van der Waals surface area contributed by atoms with E-state index in [2.05, 4.69) is 24.1 Å². The fourth-order valence-electron chi connectivity index (χ4n) is 2.71. The first kappa shape index (κ1) is 14.8. The normalized spacial score (nSPS) is 22.8. The molecule has 1 aliphatic heterocycles. The number of carbonyl (C=O) groups is 1. The van der Waals surface area contributed by atoms with Gasteiger partial charge in [0.1, 0.15) is 5.69 Å². The highest BCUT2D eigenvalue weighted by atomic mass is 16.2. The number of hydrogen-bond acceptors (Lipinski definition) is 3. The fourth-order valence-corrected chi connectivity index (χ4v) is 2.71. The molecule has 2 rings (SSSR count). The van der Waals surface area contributed by atoms with Gasteiger partial charge in [-0.05, 0) is 31.4 Å².